The highest BCUT2D eigenvalue weighted by molar-refractivity contribution is 9.10. The van der Waals surface area contributed by atoms with Gasteiger partial charge in [-0.15, -0.1) is 0 Å². The number of hydrogen-bond donors (Lipinski definition) is 3. The zero-order valence-corrected chi connectivity index (χ0v) is 26.9. The average molecular weight is 728 g/mol. The van der Waals surface area contributed by atoms with Gasteiger partial charge in [0, 0.05) is 10.0 Å². The van der Waals surface area contributed by atoms with Gasteiger partial charge in [-0.3, -0.25) is 9.52 Å². The number of halogens is 4. The number of aryl methyl sites for hydroxylation is 1. The number of carbonyl (C=O) groups excluding carboxylic acids is 1. The molecule has 1 saturated heterocycles. The molecule has 3 aromatic carbocycles. The Labute approximate surface area is 265 Å². The van der Waals surface area contributed by atoms with Crippen LogP contribution in [0.25, 0.3) is 11.3 Å². The zero-order chi connectivity index (χ0) is 32.7. The molecule has 0 spiro atoms. The van der Waals surface area contributed by atoms with Gasteiger partial charge in [-0.05, 0) is 66.4 Å². The molecule has 1 aliphatic rings. The molecule has 2 heterocycles. The van der Waals surface area contributed by atoms with Crippen LogP contribution >= 0.6 is 15.9 Å². The Morgan fingerprint density at radius 2 is 1.82 bits per heavy atom. The van der Waals surface area contributed by atoms with Crippen LogP contribution in [0.3, 0.4) is 0 Å². The van der Waals surface area contributed by atoms with E-state index in [1.165, 1.54) is 25.4 Å². The fourth-order valence-corrected chi connectivity index (χ4v) is 8.13. The minimum absolute atomic E-state index is 0.00862. The van der Waals surface area contributed by atoms with Gasteiger partial charge < -0.3 is 9.72 Å². The largest absolute Gasteiger partial charge is 0.497 e. The molecule has 0 saturated carbocycles. The summed E-state index contributed by atoms with van der Waals surface area (Å²) in [6.45, 7) is 1.86. The number of amides is 1. The molecule has 5 rings (SSSR count). The van der Waals surface area contributed by atoms with Crippen molar-refractivity contribution in [1.82, 2.24) is 19.4 Å². The van der Waals surface area contributed by atoms with Crippen molar-refractivity contribution in [2.45, 2.75) is 42.1 Å². The van der Waals surface area contributed by atoms with E-state index in [1.54, 1.807) is 24.3 Å². The molecule has 45 heavy (non-hydrogen) atoms. The first-order valence-corrected chi connectivity index (χ1v) is 17.1. The normalized spacial score (nSPS) is 17.2. The van der Waals surface area contributed by atoms with Gasteiger partial charge in [0.1, 0.15) is 16.8 Å². The Balaban J connectivity index is 1.50. The van der Waals surface area contributed by atoms with E-state index < -0.39 is 53.9 Å². The summed E-state index contributed by atoms with van der Waals surface area (Å²) in [5.74, 6) is 0.221. The molecule has 1 fully saturated rings. The molecule has 0 aliphatic carbocycles. The van der Waals surface area contributed by atoms with E-state index in [4.69, 9.17) is 4.74 Å². The summed E-state index contributed by atoms with van der Waals surface area (Å²) in [5.41, 5.74) is 1.97. The zero-order valence-electron chi connectivity index (χ0n) is 23.6. The molecule has 1 aliphatic heterocycles. The van der Waals surface area contributed by atoms with Gasteiger partial charge in [-0.2, -0.15) is 13.2 Å². The van der Waals surface area contributed by atoms with Crippen LogP contribution < -0.4 is 14.2 Å². The first-order valence-electron chi connectivity index (χ1n) is 13.3. The van der Waals surface area contributed by atoms with E-state index in [-0.39, 0.29) is 23.1 Å². The third-order valence-electron chi connectivity index (χ3n) is 7.29. The predicted molar refractivity (Wildman–Crippen MR) is 162 cm³/mol. The van der Waals surface area contributed by atoms with Gasteiger partial charge in [0.15, 0.2) is 0 Å². The fourth-order valence-electron chi connectivity index (χ4n) is 5.00. The number of nitrogens with zero attached hydrogens (tertiary/aromatic N) is 1. The van der Waals surface area contributed by atoms with E-state index in [0.717, 1.165) is 23.3 Å². The Morgan fingerprint density at radius 3 is 2.42 bits per heavy atom. The molecule has 238 valence electrons. The molecule has 10 nitrogen and oxygen atoms in total. The lowest BCUT2D eigenvalue weighted by Gasteiger charge is -2.19. The number of alkyl halides is 3. The van der Waals surface area contributed by atoms with Crippen LogP contribution in [-0.2, 0) is 37.4 Å². The van der Waals surface area contributed by atoms with Crippen LogP contribution in [0.15, 0.2) is 76.2 Å². The number of benzene rings is 3. The Hall–Kier alpha value is -3.73. The van der Waals surface area contributed by atoms with E-state index in [9.17, 15) is 34.8 Å². The second kappa shape index (κ2) is 12.2. The maximum Gasteiger partial charge on any atom is 0.417 e. The smallest absolute Gasteiger partial charge is 0.417 e. The lowest BCUT2D eigenvalue weighted by Crippen LogP contribution is -2.31. The van der Waals surface area contributed by atoms with E-state index >= 15 is 0 Å². The first kappa shape index (κ1) is 32.7. The maximum atomic E-state index is 13.6. The second-order valence-corrected chi connectivity index (χ2v) is 14.8. The number of methoxy groups -OCH3 is 1. The molecule has 4 aromatic rings. The summed E-state index contributed by atoms with van der Waals surface area (Å²) >= 11 is 2.83. The number of aromatic amines is 1. The first-order chi connectivity index (χ1) is 21.1. The van der Waals surface area contributed by atoms with Crippen LogP contribution in [0.1, 0.15) is 45.8 Å². The van der Waals surface area contributed by atoms with Crippen molar-refractivity contribution in [3.05, 3.63) is 99.4 Å². The summed E-state index contributed by atoms with van der Waals surface area (Å²) in [5, 5.41) is -1.06. The molecule has 0 radical (unpaired) electrons. The minimum atomic E-state index is -4.80. The lowest BCUT2D eigenvalue weighted by atomic mass is 10.0. The number of sulfonamides is 2. The van der Waals surface area contributed by atoms with Gasteiger partial charge in [0.05, 0.1) is 41.9 Å². The molecule has 0 bridgehead atoms. The summed E-state index contributed by atoms with van der Waals surface area (Å²) in [7, 11) is -6.84. The number of ether oxygens (including phenoxy) is 1. The van der Waals surface area contributed by atoms with Crippen LogP contribution in [0.4, 0.5) is 13.2 Å². The van der Waals surface area contributed by atoms with Crippen molar-refractivity contribution >= 4 is 41.9 Å². The SMILES string of the molecule is COc1ccc(-c2cnc(C(Cc3ccc(C4CC(=O)NS4(=O)=O)cc3)NS(=O)(=O)c3ccc(Br)c(C(F)(F)F)c3)[nH]2)c(C)c1. The Kier molecular flexibility index (Phi) is 8.87. The van der Waals surface area contributed by atoms with Crippen molar-refractivity contribution in [2.24, 2.45) is 0 Å². The molecular weight excluding hydrogens is 701 g/mol. The molecule has 3 N–H and O–H groups in total. The number of nitrogens with one attached hydrogen (secondary N) is 3. The van der Waals surface area contributed by atoms with Crippen molar-refractivity contribution in [2.75, 3.05) is 7.11 Å². The van der Waals surface area contributed by atoms with Crippen LogP contribution in [-0.4, -0.2) is 39.8 Å². The van der Waals surface area contributed by atoms with Crippen molar-refractivity contribution < 1.29 is 39.5 Å². The van der Waals surface area contributed by atoms with Gasteiger partial charge in [0.25, 0.3) is 0 Å². The Morgan fingerprint density at radius 1 is 1.11 bits per heavy atom. The number of hydrogen-bond acceptors (Lipinski definition) is 7. The van der Waals surface area contributed by atoms with E-state index in [2.05, 4.69) is 30.6 Å². The number of aromatic nitrogens is 2. The van der Waals surface area contributed by atoms with Crippen molar-refractivity contribution in [3.63, 3.8) is 0 Å². The quantitative estimate of drug-likeness (QED) is 0.211. The standard InChI is InChI=1S/C29H26BrF3N4O6S2/c1-16-11-19(43-2)7-9-21(16)25-15-34-28(35-25)24(36-44(39,40)20-8-10-23(30)22(13-20)29(31,32)33)12-17-3-5-18(6-4-17)26-14-27(38)37-45(26,41)42/h3-11,13,15,24,26,36H,12,14H2,1-2H3,(H,34,35)(H,37,38). The summed E-state index contributed by atoms with van der Waals surface area (Å²) in [6, 6.07) is 13.2. The van der Waals surface area contributed by atoms with Gasteiger partial charge in [-0.25, -0.2) is 26.5 Å². The van der Waals surface area contributed by atoms with E-state index in [0.29, 0.717) is 28.6 Å². The van der Waals surface area contributed by atoms with Crippen molar-refractivity contribution in [3.8, 4) is 17.0 Å². The highest BCUT2D eigenvalue weighted by Crippen LogP contribution is 2.37. The third kappa shape index (κ3) is 7.08. The third-order valence-corrected chi connectivity index (χ3v) is 11.2. The molecule has 2 unspecified atom stereocenters. The summed E-state index contributed by atoms with van der Waals surface area (Å²) < 4.78 is 102. The number of rotatable bonds is 9. The molecule has 1 amide bonds. The van der Waals surface area contributed by atoms with Crippen molar-refractivity contribution in [1.29, 1.82) is 0 Å². The number of carbonyl (C=O) groups is 1. The second-order valence-electron chi connectivity index (χ2n) is 10.4. The lowest BCUT2D eigenvalue weighted by molar-refractivity contribution is -0.138. The van der Waals surface area contributed by atoms with E-state index in [1.807, 2.05) is 17.7 Å². The maximum absolute atomic E-state index is 13.6. The van der Waals surface area contributed by atoms with Crippen LogP contribution in [0.5, 0.6) is 5.75 Å². The minimum Gasteiger partial charge on any atom is -0.497 e. The van der Waals surface area contributed by atoms with Gasteiger partial charge in [0.2, 0.25) is 26.0 Å². The molecular formula is C29H26BrF3N4O6S2. The molecule has 2 atom stereocenters. The van der Waals surface area contributed by atoms with Crippen LogP contribution in [0.2, 0.25) is 0 Å². The van der Waals surface area contributed by atoms with Gasteiger partial charge >= 0.3 is 6.18 Å². The average Bonchev–Trinajstić information content (AvgIpc) is 3.55. The Bertz CT molecular complexity index is 1980. The van der Waals surface area contributed by atoms with Crippen LogP contribution in [0, 0.1) is 6.92 Å². The number of imidazole rings is 1. The molecule has 1 aromatic heterocycles. The number of H-pyrrole nitrogens is 1. The summed E-state index contributed by atoms with van der Waals surface area (Å²) in [4.78, 5) is 18.6. The molecule has 16 heteroatoms. The van der Waals surface area contributed by atoms with Gasteiger partial charge in [-0.1, -0.05) is 40.2 Å². The highest BCUT2D eigenvalue weighted by atomic mass is 79.9. The summed E-state index contributed by atoms with van der Waals surface area (Å²) in [6.07, 6.45) is -3.52. The predicted octanol–water partition coefficient (Wildman–Crippen LogP) is 5.33. The highest BCUT2D eigenvalue weighted by Gasteiger charge is 2.38. The monoisotopic (exact) mass is 726 g/mol. The fraction of sp³-hybridized carbons (Fsp3) is 0.241. The topological polar surface area (TPSA) is 147 Å².